The van der Waals surface area contributed by atoms with Gasteiger partial charge in [-0.25, -0.2) is 4.79 Å². The standard InChI is InChI=1S/C22H26O7/c1-16(24)13-18(14-23)17-3-5-19(6-4-17)27-11-2-12-28-20-7-9-21(10-8-20)29-15-22(25)26/h3-10,18,23H,2,11-15H2,1H3,(H,25,26). The van der Waals surface area contributed by atoms with Gasteiger partial charge in [0, 0.05) is 18.8 Å². The number of hydrogen-bond acceptors (Lipinski definition) is 6. The summed E-state index contributed by atoms with van der Waals surface area (Å²) in [5.41, 5.74) is 0.911. The first kappa shape index (κ1) is 22.2. The van der Waals surface area contributed by atoms with E-state index in [1.807, 2.05) is 24.3 Å². The van der Waals surface area contributed by atoms with Gasteiger partial charge in [-0.3, -0.25) is 0 Å². The van der Waals surface area contributed by atoms with E-state index >= 15 is 0 Å². The first-order valence-electron chi connectivity index (χ1n) is 9.38. The van der Waals surface area contributed by atoms with Crippen LogP contribution in [0.5, 0.6) is 17.2 Å². The third kappa shape index (κ3) is 8.23. The van der Waals surface area contributed by atoms with Crippen LogP contribution in [0.25, 0.3) is 0 Å². The molecule has 7 nitrogen and oxygen atoms in total. The van der Waals surface area contributed by atoms with E-state index in [0.717, 1.165) is 5.56 Å². The third-order valence-corrected chi connectivity index (χ3v) is 4.12. The Kier molecular flexibility index (Phi) is 8.98. The fourth-order valence-corrected chi connectivity index (χ4v) is 2.69. The number of aliphatic hydroxyl groups excluding tert-OH is 1. The van der Waals surface area contributed by atoms with Crippen LogP contribution in [0.15, 0.2) is 48.5 Å². The summed E-state index contributed by atoms with van der Waals surface area (Å²) in [4.78, 5) is 21.7. The van der Waals surface area contributed by atoms with Gasteiger partial charge in [-0.1, -0.05) is 12.1 Å². The number of aliphatic hydroxyl groups is 1. The molecule has 0 aliphatic rings. The van der Waals surface area contributed by atoms with E-state index in [4.69, 9.17) is 19.3 Å². The molecule has 0 amide bonds. The van der Waals surface area contributed by atoms with Crippen LogP contribution in [0.1, 0.15) is 31.2 Å². The van der Waals surface area contributed by atoms with Crippen LogP contribution in [0, 0.1) is 0 Å². The Morgan fingerprint density at radius 3 is 1.79 bits per heavy atom. The molecule has 2 aromatic carbocycles. The lowest BCUT2D eigenvalue weighted by Crippen LogP contribution is -2.09. The number of carboxylic acid groups (broad SMARTS) is 1. The maximum Gasteiger partial charge on any atom is 0.341 e. The predicted molar refractivity (Wildman–Crippen MR) is 107 cm³/mol. The average Bonchev–Trinajstić information content (AvgIpc) is 2.71. The second-order valence-corrected chi connectivity index (χ2v) is 6.56. The van der Waals surface area contributed by atoms with Crippen molar-refractivity contribution in [2.45, 2.75) is 25.7 Å². The number of Topliss-reactive ketones (excluding diaryl/α,β-unsaturated/α-hetero) is 1. The van der Waals surface area contributed by atoms with E-state index in [-0.39, 0.29) is 24.9 Å². The van der Waals surface area contributed by atoms with Crippen LogP contribution < -0.4 is 14.2 Å². The fraction of sp³-hybridized carbons (Fsp3) is 0.364. The van der Waals surface area contributed by atoms with Crippen molar-refractivity contribution < 1.29 is 34.0 Å². The summed E-state index contributed by atoms with van der Waals surface area (Å²) in [7, 11) is 0. The monoisotopic (exact) mass is 402 g/mol. The van der Waals surface area contributed by atoms with Gasteiger partial charge < -0.3 is 29.2 Å². The molecule has 29 heavy (non-hydrogen) atoms. The van der Waals surface area contributed by atoms with Gasteiger partial charge in [0.1, 0.15) is 23.0 Å². The number of carbonyl (C=O) groups is 2. The van der Waals surface area contributed by atoms with Crippen LogP contribution in [-0.2, 0) is 9.59 Å². The van der Waals surface area contributed by atoms with Gasteiger partial charge in [0.25, 0.3) is 0 Å². The number of rotatable bonds is 13. The molecule has 156 valence electrons. The lowest BCUT2D eigenvalue weighted by Gasteiger charge is -2.14. The summed E-state index contributed by atoms with van der Waals surface area (Å²) in [5, 5.41) is 18.0. The van der Waals surface area contributed by atoms with Gasteiger partial charge in [0.2, 0.25) is 0 Å². The topological polar surface area (TPSA) is 102 Å². The predicted octanol–water partition coefficient (Wildman–Crippen LogP) is 3.05. The minimum absolute atomic E-state index is 0.0480. The first-order valence-corrected chi connectivity index (χ1v) is 9.38. The minimum Gasteiger partial charge on any atom is -0.493 e. The lowest BCUT2D eigenvalue weighted by molar-refractivity contribution is -0.139. The van der Waals surface area contributed by atoms with Gasteiger partial charge >= 0.3 is 5.97 Å². The molecule has 2 N–H and O–H groups in total. The Morgan fingerprint density at radius 1 is 0.862 bits per heavy atom. The van der Waals surface area contributed by atoms with Crippen LogP contribution in [0.3, 0.4) is 0 Å². The summed E-state index contributed by atoms with van der Waals surface area (Å²) in [6, 6.07) is 14.1. The Hall–Kier alpha value is -3.06. The van der Waals surface area contributed by atoms with Crippen molar-refractivity contribution in [1.82, 2.24) is 0 Å². The van der Waals surface area contributed by atoms with Crippen molar-refractivity contribution in [3.05, 3.63) is 54.1 Å². The van der Waals surface area contributed by atoms with Gasteiger partial charge in [0.05, 0.1) is 19.8 Å². The summed E-state index contributed by atoms with van der Waals surface area (Å²) in [6.45, 7) is 2.03. The quantitative estimate of drug-likeness (QED) is 0.497. The number of carbonyl (C=O) groups excluding carboxylic acids is 1. The molecule has 0 saturated carbocycles. The maximum absolute atomic E-state index is 11.3. The molecule has 2 aromatic rings. The molecular formula is C22H26O7. The minimum atomic E-state index is -1.02. The average molecular weight is 402 g/mol. The zero-order chi connectivity index (χ0) is 21.1. The lowest BCUT2D eigenvalue weighted by atomic mass is 9.95. The third-order valence-electron chi connectivity index (χ3n) is 4.12. The molecule has 7 heteroatoms. The summed E-state index contributed by atoms with van der Waals surface area (Å²) >= 11 is 0. The van der Waals surface area contributed by atoms with Crippen molar-refractivity contribution >= 4 is 11.8 Å². The molecule has 0 saturated heterocycles. The van der Waals surface area contributed by atoms with Crippen molar-refractivity contribution in [3.63, 3.8) is 0 Å². The molecule has 0 aromatic heterocycles. The highest BCUT2D eigenvalue weighted by molar-refractivity contribution is 5.76. The molecule has 0 heterocycles. The van der Waals surface area contributed by atoms with E-state index in [0.29, 0.717) is 43.3 Å². The molecule has 2 rings (SSSR count). The zero-order valence-electron chi connectivity index (χ0n) is 16.4. The number of ether oxygens (including phenoxy) is 3. The molecular weight excluding hydrogens is 376 g/mol. The van der Waals surface area contributed by atoms with Gasteiger partial charge in [0.15, 0.2) is 6.61 Å². The van der Waals surface area contributed by atoms with Gasteiger partial charge in [-0.15, -0.1) is 0 Å². The van der Waals surface area contributed by atoms with E-state index in [1.54, 1.807) is 24.3 Å². The number of hydrogen-bond donors (Lipinski definition) is 2. The smallest absolute Gasteiger partial charge is 0.341 e. The van der Waals surface area contributed by atoms with E-state index < -0.39 is 5.97 Å². The summed E-state index contributed by atoms with van der Waals surface area (Å²) in [6.07, 6.45) is 1.00. The number of ketones is 1. The molecule has 0 fully saturated rings. The summed E-state index contributed by atoms with van der Waals surface area (Å²) < 4.78 is 16.4. The van der Waals surface area contributed by atoms with E-state index in [9.17, 15) is 14.7 Å². The van der Waals surface area contributed by atoms with Crippen molar-refractivity contribution in [3.8, 4) is 17.2 Å². The van der Waals surface area contributed by atoms with Crippen molar-refractivity contribution in [1.29, 1.82) is 0 Å². The molecule has 0 bridgehead atoms. The zero-order valence-corrected chi connectivity index (χ0v) is 16.4. The summed E-state index contributed by atoms with van der Waals surface area (Å²) in [5.74, 6) is 0.691. The van der Waals surface area contributed by atoms with Gasteiger partial charge in [-0.2, -0.15) is 0 Å². The number of benzene rings is 2. The Bertz CT molecular complexity index is 769. The Balaban J connectivity index is 1.68. The van der Waals surface area contributed by atoms with Crippen LogP contribution in [-0.4, -0.2) is 48.4 Å². The number of carboxylic acids is 1. The van der Waals surface area contributed by atoms with E-state index in [2.05, 4.69) is 0 Å². The molecule has 1 atom stereocenters. The molecule has 0 spiro atoms. The van der Waals surface area contributed by atoms with Crippen molar-refractivity contribution in [2.75, 3.05) is 26.4 Å². The highest BCUT2D eigenvalue weighted by Gasteiger charge is 2.12. The molecule has 1 unspecified atom stereocenters. The molecule has 0 aliphatic carbocycles. The van der Waals surface area contributed by atoms with Crippen LogP contribution >= 0.6 is 0 Å². The normalized spacial score (nSPS) is 11.5. The van der Waals surface area contributed by atoms with Gasteiger partial charge in [-0.05, 0) is 48.9 Å². The second kappa shape index (κ2) is 11.7. The second-order valence-electron chi connectivity index (χ2n) is 6.56. The Morgan fingerprint density at radius 2 is 1.34 bits per heavy atom. The highest BCUT2D eigenvalue weighted by atomic mass is 16.5. The van der Waals surface area contributed by atoms with Crippen molar-refractivity contribution in [2.24, 2.45) is 0 Å². The molecule has 0 radical (unpaired) electrons. The first-order chi connectivity index (χ1) is 14.0. The molecule has 0 aliphatic heterocycles. The SMILES string of the molecule is CC(=O)CC(CO)c1ccc(OCCCOc2ccc(OCC(=O)O)cc2)cc1. The highest BCUT2D eigenvalue weighted by Crippen LogP contribution is 2.22. The largest absolute Gasteiger partial charge is 0.493 e. The van der Waals surface area contributed by atoms with Crippen LogP contribution in [0.4, 0.5) is 0 Å². The van der Waals surface area contributed by atoms with E-state index in [1.165, 1.54) is 6.92 Å². The number of aliphatic carboxylic acids is 1. The fourth-order valence-electron chi connectivity index (χ4n) is 2.69. The van der Waals surface area contributed by atoms with Crippen LogP contribution in [0.2, 0.25) is 0 Å². The Labute approximate surface area is 169 Å². The maximum atomic E-state index is 11.3.